The third kappa shape index (κ3) is 2.25. The van der Waals surface area contributed by atoms with Gasteiger partial charge in [-0.1, -0.05) is 38.1 Å². The van der Waals surface area contributed by atoms with Gasteiger partial charge in [-0.15, -0.1) is 0 Å². The Kier molecular flexibility index (Phi) is 2.85. The van der Waals surface area contributed by atoms with Crippen LogP contribution < -0.4 is 5.32 Å². The molecule has 1 aliphatic carbocycles. The average molecular weight is 255 g/mol. The molecule has 1 heterocycles. The molecule has 1 N–H and O–H groups in total. The monoisotopic (exact) mass is 255 g/mol. The van der Waals surface area contributed by atoms with Gasteiger partial charge in [0.2, 0.25) is 0 Å². The molecule has 1 aliphatic rings. The molecule has 3 nitrogen and oxygen atoms in total. The molecule has 19 heavy (non-hydrogen) atoms. The zero-order valence-corrected chi connectivity index (χ0v) is 11.9. The van der Waals surface area contributed by atoms with Crippen molar-refractivity contribution in [3.63, 3.8) is 0 Å². The first-order chi connectivity index (χ1) is 9.06. The zero-order chi connectivity index (χ0) is 13.5. The van der Waals surface area contributed by atoms with E-state index in [9.17, 15) is 0 Å². The molecule has 1 unspecified atom stereocenters. The van der Waals surface area contributed by atoms with Gasteiger partial charge in [0.1, 0.15) is 0 Å². The summed E-state index contributed by atoms with van der Waals surface area (Å²) in [7, 11) is 1.95. The van der Waals surface area contributed by atoms with Gasteiger partial charge in [-0.05, 0) is 29.4 Å². The smallest absolute Gasteiger partial charge is 0.0731 e. The maximum Gasteiger partial charge on any atom is 0.0731 e. The molecule has 0 aliphatic heterocycles. The molecule has 100 valence electrons. The Morgan fingerprint density at radius 1 is 1.32 bits per heavy atom. The minimum atomic E-state index is 0.281. The van der Waals surface area contributed by atoms with Crippen LogP contribution >= 0.6 is 0 Å². The summed E-state index contributed by atoms with van der Waals surface area (Å²) in [6, 6.07) is 9.20. The topological polar surface area (TPSA) is 29.9 Å². The fourth-order valence-electron chi connectivity index (χ4n) is 3.06. The van der Waals surface area contributed by atoms with E-state index in [-0.39, 0.29) is 5.41 Å². The Morgan fingerprint density at radius 2 is 2.11 bits per heavy atom. The third-order valence-electron chi connectivity index (χ3n) is 4.17. The lowest BCUT2D eigenvalue weighted by atomic mass is 9.71. The van der Waals surface area contributed by atoms with Crippen molar-refractivity contribution in [2.45, 2.75) is 38.1 Å². The van der Waals surface area contributed by atoms with Crippen molar-refractivity contribution < 1.29 is 0 Å². The van der Waals surface area contributed by atoms with Gasteiger partial charge in [0.15, 0.2) is 0 Å². The van der Waals surface area contributed by atoms with Crippen LogP contribution in [-0.2, 0) is 12.5 Å². The van der Waals surface area contributed by atoms with Gasteiger partial charge in [0.25, 0.3) is 0 Å². The first kappa shape index (κ1) is 12.3. The van der Waals surface area contributed by atoms with Crippen LogP contribution in [0.5, 0.6) is 0 Å². The highest BCUT2D eigenvalue weighted by atomic mass is 15.3. The minimum Gasteiger partial charge on any atom is -0.376 e. The number of benzene rings is 1. The molecule has 0 saturated carbocycles. The molecular formula is C16H21N3. The molecule has 0 bridgehead atoms. The molecule has 1 atom stereocenters. The first-order valence-corrected chi connectivity index (χ1v) is 6.91. The van der Waals surface area contributed by atoms with Crippen LogP contribution in [0.25, 0.3) is 0 Å². The van der Waals surface area contributed by atoms with E-state index < -0.39 is 0 Å². The summed E-state index contributed by atoms with van der Waals surface area (Å²) in [4.78, 5) is 0. The van der Waals surface area contributed by atoms with E-state index in [4.69, 9.17) is 0 Å². The van der Waals surface area contributed by atoms with Gasteiger partial charge in [-0.3, -0.25) is 4.68 Å². The SMILES string of the molecule is Cn1cc(NC2CCC(C)(C)c3ccccc32)cn1. The van der Waals surface area contributed by atoms with Crippen LogP contribution in [0.15, 0.2) is 36.7 Å². The summed E-state index contributed by atoms with van der Waals surface area (Å²) < 4.78 is 1.83. The molecule has 1 aromatic carbocycles. The molecular weight excluding hydrogens is 234 g/mol. The number of aryl methyl sites for hydroxylation is 1. The number of fused-ring (bicyclic) bond motifs is 1. The van der Waals surface area contributed by atoms with Gasteiger partial charge < -0.3 is 5.32 Å². The van der Waals surface area contributed by atoms with Gasteiger partial charge in [-0.25, -0.2) is 0 Å². The van der Waals surface area contributed by atoms with Gasteiger partial charge in [0, 0.05) is 13.2 Å². The predicted molar refractivity (Wildman–Crippen MR) is 78.3 cm³/mol. The van der Waals surface area contributed by atoms with Crippen LogP contribution in [-0.4, -0.2) is 9.78 Å². The number of hydrogen-bond donors (Lipinski definition) is 1. The highest BCUT2D eigenvalue weighted by molar-refractivity contribution is 5.46. The molecule has 0 spiro atoms. The van der Waals surface area contributed by atoms with Gasteiger partial charge in [-0.2, -0.15) is 5.10 Å². The van der Waals surface area contributed by atoms with Crippen molar-refractivity contribution in [1.29, 1.82) is 0 Å². The second-order valence-corrected chi connectivity index (χ2v) is 6.11. The van der Waals surface area contributed by atoms with Crippen molar-refractivity contribution in [1.82, 2.24) is 9.78 Å². The quantitative estimate of drug-likeness (QED) is 0.887. The largest absolute Gasteiger partial charge is 0.376 e. The highest BCUT2D eigenvalue weighted by Crippen LogP contribution is 2.42. The third-order valence-corrected chi connectivity index (χ3v) is 4.17. The van der Waals surface area contributed by atoms with E-state index in [2.05, 4.69) is 48.5 Å². The molecule has 0 radical (unpaired) electrons. The Hall–Kier alpha value is -1.77. The van der Waals surface area contributed by atoms with E-state index in [1.165, 1.54) is 24.0 Å². The Balaban J connectivity index is 1.92. The first-order valence-electron chi connectivity index (χ1n) is 6.91. The van der Waals surface area contributed by atoms with Gasteiger partial charge in [0.05, 0.1) is 17.9 Å². The van der Waals surface area contributed by atoms with Crippen LogP contribution in [0.4, 0.5) is 5.69 Å². The van der Waals surface area contributed by atoms with Crippen molar-refractivity contribution in [2.24, 2.45) is 7.05 Å². The summed E-state index contributed by atoms with van der Waals surface area (Å²) in [5.74, 6) is 0. The van der Waals surface area contributed by atoms with Crippen molar-refractivity contribution in [3.8, 4) is 0 Å². The maximum absolute atomic E-state index is 4.22. The summed E-state index contributed by atoms with van der Waals surface area (Å²) in [5.41, 5.74) is 4.29. The molecule has 3 heteroatoms. The fraction of sp³-hybridized carbons (Fsp3) is 0.438. The van der Waals surface area contributed by atoms with E-state index in [1.807, 2.05) is 24.1 Å². The van der Waals surface area contributed by atoms with Crippen LogP contribution in [0, 0.1) is 0 Å². The number of aromatic nitrogens is 2. The summed E-state index contributed by atoms with van der Waals surface area (Å²) >= 11 is 0. The lowest BCUT2D eigenvalue weighted by Gasteiger charge is -2.37. The Labute approximate surface area is 114 Å². The number of anilines is 1. The molecule has 1 aromatic heterocycles. The minimum absolute atomic E-state index is 0.281. The number of hydrogen-bond acceptors (Lipinski definition) is 2. The molecule has 0 amide bonds. The summed E-state index contributed by atoms with van der Waals surface area (Å²) in [5, 5.41) is 7.83. The van der Waals surface area contributed by atoms with Crippen molar-refractivity contribution in [2.75, 3.05) is 5.32 Å². The van der Waals surface area contributed by atoms with Crippen LogP contribution in [0.1, 0.15) is 43.9 Å². The maximum atomic E-state index is 4.22. The highest BCUT2D eigenvalue weighted by Gasteiger charge is 2.32. The fourth-order valence-corrected chi connectivity index (χ4v) is 3.06. The normalized spacial score (nSPS) is 20.9. The second-order valence-electron chi connectivity index (χ2n) is 6.11. The standard InChI is InChI=1S/C16H21N3/c1-16(2)9-8-15(13-6-4-5-7-14(13)16)18-12-10-17-19(3)11-12/h4-7,10-11,15,18H,8-9H2,1-3H3. The average Bonchev–Trinajstić information content (AvgIpc) is 2.79. The number of nitrogens with zero attached hydrogens (tertiary/aromatic N) is 2. The molecule has 2 aromatic rings. The predicted octanol–water partition coefficient (Wildman–Crippen LogP) is 3.64. The lowest BCUT2D eigenvalue weighted by molar-refractivity contribution is 0.406. The zero-order valence-electron chi connectivity index (χ0n) is 11.9. The Bertz CT molecular complexity index is 583. The molecule has 0 fully saturated rings. The van der Waals surface area contributed by atoms with E-state index >= 15 is 0 Å². The number of nitrogens with one attached hydrogen (secondary N) is 1. The van der Waals surface area contributed by atoms with Gasteiger partial charge >= 0.3 is 0 Å². The molecule has 3 rings (SSSR count). The van der Waals surface area contributed by atoms with E-state index in [1.54, 1.807) is 0 Å². The second kappa shape index (κ2) is 4.41. The van der Waals surface area contributed by atoms with Crippen LogP contribution in [0.3, 0.4) is 0 Å². The number of rotatable bonds is 2. The Morgan fingerprint density at radius 3 is 2.84 bits per heavy atom. The van der Waals surface area contributed by atoms with Crippen molar-refractivity contribution >= 4 is 5.69 Å². The molecule has 0 saturated heterocycles. The van der Waals surface area contributed by atoms with E-state index in [0.717, 1.165) is 5.69 Å². The van der Waals surface area contributed by atoms with Crippen LogP contribution in [0.2, 0.25) is 0 Å². The lowest BCUT2D eigenvalue weighted by Crippen LogP contribution is -2.29. The van der Waals surface area contributed by atoms with E-state index in [0.29, 0.717) is 6.04 Å². The van der Waals surface area contributed by atoms with Crippen molar-refractivity contribution in [3.05, 3.63) is 47.8 Å². The summed E-state index contributed by atoms with van der Waals surface area (Å²) in [6.45, 7) is 4.68. The summed E-state index contributed by atoms with van der Waals surface area (Å²) in [6.07, 6.45) is 6.30.